The van der Waals surface area contributed by atoms with Crippen LogP contribution in [0.3, 0.4) is 0 Å². The Hall–Kier alpha value is -1.75. The number of amides is 2. The molecule has 0 aromatic heterocycles. The number of hydrogen-bond donors (Lipinski definition) is 1. The minimum atomic E-state index is -0.665. The molecule has 0 saturated carbocycles. The van der Waals surface area contributed by atoms with E-state index in [1.807, 2.05) is 4.90 Å². The number of rotatable bonds is 6. The van der Waals surface area contributed by atoms with Gasteiger partial charge in [0.25, 0.3) is 5.91 Å². The summed E-state index contributed by atoms with van der Waals surface area (Å²) in [5.41, 5.74) is 0. The van der Waals surface area contributed by atoms with Crippen LogP contribution in [0, 0.1) is 0 Å². The Balaban J connectivity index is 1.72. The Morgan fingerprint density at radius 1 is 1.32 bits per heavy atom. The van der Waals surface area contributed by atoms with Crippen LogP contribution in [0.4, 0.5) is 0 Å². The van der Waals surface area contributed by atoms with E-state index in [2.05, 4.69) is 5.32 Å². The van der Waals surface area contributed by atoms with Crippen LogP contribution in [0.1, 0.15) is 26.2 Å². The summed E-state index contributed by atoms with van der Waals surface area (Å²) in [6.45, 7) is 3.64. The summed E-state index contributed by atoms with van der Waals surface area (Å²) in [6, 6.07) is 7.00. The first kappa shape index (κ1) is 16.6. The molecule has 1 aliphatic heterocycles. The third-order valence-electron chi connectivity index (χ3n) is 3.61. The van der Waals surface area contributed by atoms with Crippen LogP contribution in [0.25, 0.3) is 0 Å². The second kappa shape index (κ2) is 8.03. The molecule has 1 atom stereocenters. The van der Waals surface area contributed by atoms with Crippen LogP contribution in [-0.4, -0.2) is 42.5 Å². The van der Waals surface area contributed by atoms with Gasteiger partial charge in [-0.1, -0.05) is 23.7 Å². The molecule has 22 heavy (non-hydrogen) atoms. The van der Waals surface area contributed by atoms with Crippen molar-refractivity contribution >= 4 is 23.4 Å². The van der Waals surface area contributed by atoms with E-state index in [1.54, 1.807) is 31.2 Å². The molecule has 6 heteroatoms. The molecule has 2 rings (SSSR count). The minimum Gasteiger partial charge on any atom is -0.479 e. The van der Waals surface area contributed by atoms with Gasteiger partial charge in [0.1, 0.15) is 5.75 Å². The molecule has 0 radical (unpaired) electrons. The number of nitrogens with zero attached hydrogens (tertiary/aromatic N) is 1. The minimum absolute atomic E-state index is 0.0949. The van der Waals surface area contributed by atoms with Gasteiger partial charge in [-0.3, -0.25) is 9.59 Å². The third-order valence-corrected chi connectivity index (χ3v) is 3.92. The number of carbonyl (C=O) groups is 2. The molecule has 0 spiro atoms. The fourth-order valence-corrected chi connectivity index (χ4v) is 2.53. The van der Waals surface area contributed by atoms with Crippen molar-refractivity contribution in [2.45, 2.75) is 32.3 Å². The molecule has 0 aliphatic carbocycles. The normalized spacial score (nSPS) is 15.5. The number of likely N-dealkylation sites (tertiary alicyclic amines) is 1. The summed E-state index contributed by atoms with van der Waals surface area (Å²) in [6.07, 6.45) is 1.80. The van der Waals surface area contributed by atoms with Crippen LogP contribution in [0.15, 0.2) is 24.3 Å². The first-order valence-electron chi connectivity index (χ1n) is 7.54. The fraction of sp³-hybridized carbons (Fsp3) is 0.500. The summed E-state index contributed by atoms with van der Waals surface area (Å²) in [5, 5.41) is 3.19. The summed E-state index contributed by atoms with van der Waals surface area (Å²) in [5.74, 6) is 0.312. The van der Waals surface area contributed by atoms with Gasteiger partial charge in [0.2, 0.25) is 5.91 Å². The van der Waals surface area contributed by atoms with E-state index < -0.39 is 6.10 Å². The van der Waals surface area contributed by atoms with E-state index in [9.17, 15) is 9.59 Å². The van der Waals surface area contributed by atoms with E-state index in [-0.39, 0.29) is 11.8 Å². The number of hydrogen-bond acceptors (Lipinski definition) is 3. The maximum Gasteiger partial charge on any atom is 0.260 e. The zero-order chi connectivity index (χ0) is 15.9. The Bertz CT molecular complexity index is 530. The number of benzene rings is 1. The molecule has 1 aromatic rings. The molecule has 1 aromatic carbocycles. The molecule has 0 bridgehead atoms. The number of carbonyl (C=O) groups excluding carboxylic acids is 2. The van der Waals surface area contributed by atoms with Gasteiger partial charge < -0.3 is 15.0 Å². The number of para-hydroxylation sites is 1. The van der Waals surface area contributed by atoms with Crippen LogP contribution in [0.5, 0.6) is 5.75 Å². The number of nitrogens with one attached hydrogen (secondary N) is 1. The fourth-order valence-electron chi connectivity index (χ4n) is 2.35. The molecule has 120 valence electrons. The zero-order valence-corrected chi connectivity index (χ0v) is 13.4. The first-order valence-corrected chi connectivity index (χ1v) is 7.92. The summed E-state index contributed by atoms with van der Waals surface area (Å²) in [7, 11) is 0. The van der Waals surface area contributed by atoms with Gasteiger partial charge in [-0.05, 0) is 31.9 Å². The molecule has 1 unspecified atom stereocenters. The van der Waals surface area contributed by atoms with Gasteiger partial charge in [-0.2, -0.15) is 0 Å². The third kappa shape index (κ3) is 4.63. The maximum atomic E-state index is 12.0. The molecular formula is C16H21ClN2O3. The van der Waals surface area contributed by atoms with E-state index >= 15 is 0 Å². The predicted octanol–water partition coefficient (Wildman–Crippen LogP) is 2.24. The van der Waals surface area contributed by atoms with E-state index in [4.69, 9.17) is 16.3 Å². The van der Waals surface area contributed by atoms with Gasteiger partial charge in [-0.15, -0.1) is 0 Å². The van der Waals surface area contributed by atoms with Crippen LogP contribution in [0.2, 0.25) is 5.02 Å². The highest BCUT2D eigenvalue weighted by molar-refractivity contribution is 6.32. The number of halogens is 1. The van der Waals surface area contributed by atoms with Crippen molar-refractivity contribution in [3.63, 3.8) is 0 Å². The van der Waals surface area contributed by atoms with Gasteiger partial charge in [-0.25, -0.2) is 0 Å². The largest absolute Gasteiger partial charge is 0.479 e. The van der Waals surface area contributed by atoms with Crippen molar-refractivity contribution in [3.8, 4) is 5.75 Å². The van der Waals surface area contributed by atoms with Crippen molar-refractivity contribution in [2.24, 2.45) is 0 Å². The first-order chi connectivity index (χ1) is 10.6. The van der Waals surface area contributed by atoms with Crippen molar-refractivity contribution in [2.75, 3.05) is 19.6 Å². The lowest BCUT2D eigenvalue weighted by Crippen LogP contribution is -2.38. The lowest BCUT2D eigenvalue weighted by molar-refractivity contribution is -0.130. The van der Waals surface area contributed by atoms with Crippen LogP contribution < -0.4 is 10.1 Å². The average molecular weight is 325 g/mol. The molecule has 1 aliphatic rings. The van der Waals surface area contributed by atoms with Gasteiger partial charge in [0, 0.05) is 26.1 Å². The van der Waals surface area contributed by atoms with Crippen LogP contribution in [-0.2, 0) is 9.59 Å². The highest BCUT2D eigenvalue weighted by Gasteiger charge is 2.19. The second-order valence-electron chi connectivity index (χ2n) is 5.32. The SMILES string of the molecule is CC(Oc1ccccc1Cl)C(=O)NCCC(=O)N1CCCC1. The highest BCUT2D eigenvalue weighted by atomic mass is 35.5. The lowest BCUT2D eigenvalue weighted by atomic mass is 10.3. The molecule has 1 heterocycles. The molecule has 1 fully saturated rings. The molecular weight excluding hydrogens is 304 g/mol. The Morgan fingerprint density at radius 2 is 2.00 bits per heavy atom. The summed E-state index contributed by atoms with van der Waals surface area (Å²) < 4.78 is 5.52. The zero-order valence-electron chi connectivity index (χ0n) is 12.7. The predicted molar refractivity (Wildman–Crippen MR) is 85.0 cm³/mol. The Morgan fingerprint density at radius 3 is 2.68 bits per heavy atom. The molecule has 2 amide bonds. The molecule has 1 N–H and O–H groups in total. The van der Waals surface area contributed by atoms with Gasteiger partial charge in [0.05, 0.1) is 5.02 Å². The topological polar surface area (TPSA) is 58.6 Å². The van der Waals surface area contributed by atoms with Crippen molar-refractivity contribution < 1.29 is 14.3 Å². The monoisotopic (exact) mass is 324 g/mol. The summed E-state index contributed by atoms with van der Waals surface area (Å²) >= 11 is 5.98. The second-order valence-corrected chi connectivity index (χ2v) is 5.73. The Labute approximate surface area is 135 Å². The van der Waals surface area contributed by atoms with Crippen molar-refractivity contribution in [1.82, 2.24) is 10.2 Å². The average Bonchev–Trinajstić information content (AvgIpc) is 3.03. The Kier molecular flexibility index (Phi) is 6.07. The van der Waals surface area contributed by atoms with E-state index in [0.717, 1.165) is 25.9 Å². The van der Waals surface area contributed by atoms with Gasteiger partial charge in [0.15, 0.2) is 6.10 Å². The summed E-state index contributed by atoms with van der Waals surface area (Å²) in [4.78, 5) is 25.7. The van der Waals surface area contributed by atoms with E-state index in [1.165, 1.54) is 0 Å². The quantitative estimate of drug-likeness (QED) is 0.873. The highest BCUT2D eigenvalue weighted by Crippen LogP contribution is 2.24. The smallest absolute Gasteiger partial charge is 0.260 e. The number of ether oxygens (including phenoxy) is 1. The lowest BCUT2D eigenvalue weighted by Gasteiger charge is -2.17. The van der Waals surface area contributed by atoms with E-state index in [0.29, 0.717) is 23.7 Å². The molecule has 1 saturated heterocycles. The van der Waals surface area contributed by atoms with Crippen molar-refractivity contribution in [3.05, 3.63) is 29.3 Å². The standard InChI is InChI=1S/C16H21ClN2O3/c1-12(22-14-7-3-2-6-13(14)17)16(21)18-9-8-15(20)19-10-4-5-11-19/h2-3,6-7,12H,4-5,8-11H2,1H3,(H,18,21). The van der Waals surface area contributed by atoms with Gasteiger partial charge >= 0.3 is 0 Å². The van der Waals surface area contributed by atoms with Crippen LogP contribution >= 0.6 is 11.6 Å². The van der Waals surface area contributed by atoms with Crippen molar-refractivity contribution in [1.29, 1.82) is 0 Å². The maximum absolute atomic E-state index is 12.0. The molecule has 5 nitrogen and oxygen atoms in total.